The molecular formula is C10H14N2O. The van der Waals surface area contributed by atoms with Crippen LogP contribution in [0.3, 0.4) is 0 Å². The Morgan fingerprint density at radius 3 is 2.62 bits per heavy atom. The number of nitrogens with one attached hydrogen (secondary N) is 1. The number of carbonyl (C=O) groups is 1. The van der Waals surface area contributed by atoms with Crippen LogP contribution in [0, 0.1) is 17.2 Å². The smallest absolute Gasteiger partial charge is 0.261 e. The molecule has 0 unspecified atom stereocenters. The first kappa shape index (κ1) is 9.79. The molecule has 0 radical (unpaired) electrons. The fourth-order valence-electron chi connectivity index (χ4n) is 1.00. The van der Waals surface area contributed by atoms with Gasteiger partial charge in [-0.3, -0.25) is 4.79 Å². The molecule has 1 rings (SSSR count). The number of carbonyl (C=O) groups excluding carboxylic acids is 1. The maximum Gasteiger partial charge on any atom is 0.261 e. The molecule has 0 aromatic rings. The minimum atomic E-state index is -0.246. The summed E-state index contributed by atoms with van der Waals surface area (Å²) in [5.74, 6) is 0.219. The van der Waals surface area contributed by atoms with Gasteiger partial charge in [-0.25, -0.2) is 0 Å². The summed E-state index contributed by atoms with van der Waals surface area (Å²) < 4.78 is 0. The van der Waals surface area contributed by atoms with Gasteiger partial charge in [0.1, 0.15) is 11.6 Å². The lowest BCUT2D eigenvalue weighted by atomic mass is 10.2. The summed E-state index contributed by atoms with van der Waals surface area (Å²) in [7, 11) is 0. The first-order chi connectivity index (χ1) is 6.13. The van der Waals surface area contributed by atoms with Crippen molar-refractivity contribution in [3.8, 4) is 6.07 Å². The zero-order valence-corrected chi connectivity index (χ0v) is 8.00. The van der Waals surface area contributed by atoms with E-state index in [0.717, 1.165) is 12.8 Å². The maximum atomic E-state index is 11.3. The third-order valence-corrected chi connectivity index (χ3v) is 1.81. The second kappa shape index (κ2) is 4.08. The Bertz CT molecular complexity index is 269. The lowest BCUT2D eigenvalue weighted by Gasteiger charge is -2.06. The summed E-state index contributed by atoms with van der Waals surface area (Å²) in [6.07, 6.45) is 4.00. The lowest BCUT2D eigenvalue weighted by molar-refractivity contribution is -0.117. The fourth-order valence-corrected chi connectivity index (χ4v) is 1.00. The van der Waals surface area contributed by atoms with E-state index in [1.165, 1.54) is 0 Å². The molecule has 0 heterocycles. The molecule has 13 heavy (non-hydrogen) atoms. The standard InChI is InChI=1S/C10H14N2O/c1-7(2)12-10(13)9(6-11)5-8-3-4-8/h5,7-8H,3-4H2,1-2H3,(H,12,13)/b9-5-. The molecule has 0 aromatic heterocycles. The number of amides is 1. The van der Waals surface area contributed by atoms with Crippen LogP contribution in [0.15, 0.2) is 11.6 Å². The third-order valence-electron chi connectivity index (χ3n) is 1.81. The van der Waals surface area contributed by atoms with Gasteiger partial charge in [-0.15, -0.1) is 0 Å². The summed E-state index contributed by atoms with van der Waals surface area (Å²) in [4.78, 5) is 11.3. The number of rotatable bonds is 3. The van der Waals surface area contributed by atoms with Gasteiger partial charge in [-0.05, 0) is 32.6 Å². The molecule has 0 spiro atoms. The van der Waals surface area contributed by atoms with E-state index < -0.39 is 0 Å². The highest BCUT2D eigenvalue weighted by Gasteiger charge is 2.21. The average Bonchev–Trinajstić information content (AvgIpc) is 2.81. The van der Waals surface area contributed by atoms with Gasteiger partial charge in [0.15, 0.2) is 0 Å². The van der Waals surface area contributed by atoms with Crippen LogP contribution in [-0.2, 0) is 4.79 Å². The van der Waals surface area contributed by atoms with Crippen LogP contribution in [0.1, 0.15) is 26.7 Å². The van der Waals surface area contributed by atoms with Crippen LogP contribution in [-0.4, -0.2) is 11.9 Å². The second-order valence-electron chi connectivity index (χ2n) is 3.66. The van der Waals surface area contributed by atoms with Crippen molar-refractivity contribution in [1.29, 1.82) is 5.26 Å². The van der Waals surface area contributed by atoms with Crippen LogP contribution in [0.5, 0.6) is 0 Å². The Labute approximate surface area is 78.4 Å². The average molecular weight is 178 g/mol. The molecule has 1 aliphatic rings. The third kappa shape index (κ3) is 3.29. The maximum absolute atomic E-state index is 11.3. The zero-order chi connectivity index (χ0) is 9.84. The first-order valence-electron chi connectivity index (χ1n) is 4.56. The molecule has 1 fully saturated rings. The van der Waals surface area contributed by atoms with Crippen molar-refractivity contribution in [2.24, 2.45) is 5.92 Å². The molecule has 1 N–H and O–H groups in total. The summed E-state index contributed by atoms with van der Waals surface area (Å²) >= 11 is 0. The second-order valence-corrected chi connectivity index (χ2v) is 3.66. The summed E-state index contributed by atoms with van der Waals surface area (Å²) in [5, 5.41) is 11.4. The van der Waals surface area contributed by atoms with Crippen molar-refractivity contribution in [3.63, 3.8) is 0 Å². The summed E-state index contributed by atoms with van der Waals surface area (Å²) in [6.45, 7) is 3.76. The Morgan fingerprint density at radius 2 is 2.23 bits per heavy atom. The molecule has 0 atom stereocenters. The minimum Gasteiger partial charge on any atom is -0.349 e. The molecule has 0 aromatic carbocycles. The minimum absolute atomic E-state index is 0.0865. The van der Waals surface area contributed by atoms with E-state index in [1.54, 1.807) is 6.08 Å². The van der Waals surface area contributed by atoms with E-state index in [-0.39, 0.29) is 17.5 Å². The zero-order valence-electron chi connectivity index (χ0n) is 8.00. The molecule has 0 saturated heterocycles. The predicted octanol–water partition coefficient (Wildman–Crippen LogP) is 1.37. The van der Waals surface area contributed by atoms with E-state index in [1.807, 2.05) is 19.9 Å². The van der Waals surface area contributed by atoms with Gasteiger partial charge in [0, 0.05) is 6.04 Å². The molecule has 1 amide bonds. The summed E-state index contributed by atoms with van der Waals surface area (Å²) in [5.41, 5.74) is 0.260. The lowest BCUT2D eigenvalue weighted by Crippen LogP contribution is -2.31. The van der Waals surface area contributed by atoms with Crippen molar-refractivity contribution >= 4 is 5.91 Å². The highest BCUT2D eigenvalue weighted by atomic mass is 16.1. The van der Waals surface area contributed by atoms with Crippen LogP contribution >= 0.6 is 0 Å². The van der Waals surface area contributed by atoms with E-state index in [9.17, 15) is 4.79 Å². The van der Waals surface area contributed by atoms with E-state index >= 15 is 0 Å². The highest BCUT2D eigenvalue weighted by molar-refractivity contribution is 5.97. The summed E-state index contributed by atoms with van der Waals surface area (Å²) in [6, 6.07) is 2.01. The molecule has 0 aliphatic heterocycles. The molecule has 3 nitrogen and oxygen atoms in total. The highest BCUT2D eigenvalue weighted by Crippen LogP contribution is 2.31. The predicted molar refractivity (Wildman–Crippen MR) is 49.7 cm³/mol. The molecule has 1 aliphatic carbocycles. The van der Waals surface area contributed by atoms with Crippen molar-refractivity contribution < 1.29 is 4.79 Å². The van der Waals surface area contributed by atoms with Crippen LogP contribution in [0.2, 0.25) is 0 Å². The quantitative estimate of drug-likeness (QED) is 0.524. The molecule has 0 bridgehead atoms. The van der Waals surface area contributed by atoms with Gasteiger partial charge in [0.2, 0.25) is 0 Å². The van der Waals surface area contributed by atoms with Gasteiger partial charge in [-0.2, -0.15) is 5.26 Å². The molecular weight excluding hydrogens is 164 g/mol. The van der Waals surface area contributed by atoms with Crippen molar-refractivity contribution in [2.75, 3.05) is 0 Å². The van der Waals surface area contributed by atoms with Gasteiger partial charge in [0.05, 0.1) is 0 Å². The topological polar surface area (TPSA) is 52.9 Å². The normalized spacial score (nSPS) is 16.9. The fraction of sp³-hybridized carbons (Fsp3) is 0.600. The SMILES string of the molecule is CC(C)NC(=O)/C(C#N)=C\C1CC1. The number of nitriles is 1. The Kier molecular flexibility index (Phi) is 3.07. The van der Waals surface area contributed by atoms with E-state index in [2.05, 4.69) is 5.32 Å². The van der Waals surface area contributed by atoms with Crippen LogP contribution in [0.25, 0.3) is 0 Å². The number of hydrogen-bond donors (Lipinski definition) is 1. The van der Waals surface area contributed by atoms with Gasteiger partial charge in [0.25, 0.3) is 5.91 Å². The number of nitrogens with zero attached hydrogens (tertiary/aromatic N) is 1. The van der Waals surface area contributed by atoms with Crippen molar-refractivity contribution in [2.45, 2.75) is 32.7 Å². The van der Waals surface area contributed by atoms with Gasteiger partial charge in [-0.1, -0.05) is 6.08 Å². The molecule has 70 valence electrons. The van der Waals surface area contributed by atoms with Gasteiger partial charge >= 0.3 is 0 Å². The van der Waals surface area contributed by atoms with Crippen LogP contribution < -0.4 is 5.32 Å². The Hall–Kier alpha value is -1.30. The first-order valence-corrected chi connectivity index (χ1v) is 4.56. The van der Waals surface area contributed by atoms with E-state index in [4.69, 9.17) is 5.26 Å². The number of allylic oxidation sites excluding steroid dienone is 1. The Morgan fingerprint density at radius 1 is 1.62 bits per heavy atom. The number of hydrogen-bond acceptors (Lipinski definition) is 2. The molecule has 3 heteroatoms. The van der Waals surface area contributed by atoms with E-state index in [0.29, 0.717) is 5.92 Å². The molecule has 1 saturated carbocycles. The monoisotopic (exact) mass is 178 g/mol. The Balaban J connectivity index is 2.56. The largest absolute Gasteiger partial charge is 0.349 e. The van der Waals surface area contributed by atoms with Gasteiger partial charge < -0.3 is 5.32 Å². The van der Waals surface area contributed by atoms with Crippen LogP contribution in [0.4, 0.5) is 0 Å². The van der Waals surface area contributed by atoms with Crippen molar-refractivity contribution in [1.82, 2.24) is 5.32 Å². The van der Waals surface area contributed by atoms with Crippen molar-refractivity contribution in [3.05, 3.63) is 11.6 Å².